The number of methoxy groups -OCH3 is 4. The molecule has 1 heterocycles. The summed E-state index contributed by atoms with van der Waals surface area (Å²) in [5.41, 5.74) is 4.85. The average Bonchev–Trinajstić information content (AvgIpc) is 3.20. The van der Waals surface area contributed by atoms with Crippen molar-refractivity contribution in [2.45, 2.75) is 0 Å². The molecule has 0 bridgehead atoms. The summed E-state index contributed by atoms with van der Waals surface area (Å²) in [6.45, 7) is 0. The summed E-state index contributed by atoms with van der Waals surface area (Å²) in [6, 6.07) is 21.7. The molecule has 0 fully saturated rings. The summed E-state index contributed by atoms with van der Waals surface area (Å²) in [4.78, 5) is 5.05. The lowest BCUT2D eigenvalue weighted by Gasteiger charge is -2.11. The van der Waals surface area contributed by atoms with Gasteiger partial charge < -0.3 is 23.5 Å². The van der Waals surface area contributed by atoms with Crippen molar-refractivity contribution < 1.29 is 18.9 Å². The number of hydrogen-bond donors (Lipinski definition) is 0. The van der Waals surface area contributed by atoms with E-state index in [1.807, 2.05) is 73.8 Å². The molecule has 4 rings (SSSR count). The zero-order valence-corrected chi connectivity index (χ0v) is 18.9. The summed E-state index contributed by atoms with van der Waals surface area (Å²) in [5.74, 6) is 3.77. The van der Waals surface area contributed by atoms with Gasteiger partial charge in [-0.15, -0.1) is 0 Å². The Kier molecular flexibility index (Phi) is 6.03. The zero-order chi connectivity index (χ0) is 22.7. The highest BCUT2D eigenvalue weighted by atomic mass is 16.5. The second-order valence-corrected chi connectivity index (χ2v) is 7.22. The standard InChI is InChI=1S/C26H26N2O4/c1-28-25(18-8-13-21(30-3)14-9-18)24(17-6-11-20(29-2)12-7-17)27-26(28)19-10-15-22(31-4)23(16-19)32-5/h6-16H,1-5H3. The van der Waals surface area contributed by atoms with Crippen molar-refractivity contribution in [1.29, 1.82) is 0 Å². The highest BCUT2D eigenvalue weighted by molar-refractivity contribution is 5.82. The zero-order valence-electron chi connectivity index (χ0n) is 18.9. The number of nitrogens with zero attached hydrogens (tertiary/aromatic N) is 2. The van der Waals surface area contributed by atoms with Crippen LogP contribution in [0.5, 0.6) is 23.0 Å². The van der Waals surface area contributed by atoms with E-state index in [2.05, 4.69) is 4.57 Å². The number of aromatic nitrogens is 2. The maximum Gasteiger partial charge on any atom is 0.161 e. The molecule has 6 heteroatoms. The second kappa shape index (κ2) is 9.06. The Labute approximate surface area is 188 Å². The van der Waals surface area contributed by atoms with Crippen LogP contribution in [0.4, 0.5) is 0 Å². The fourth-order valence-electron chi connectivity index (χ4n) is 3.76. The lowest BCUT2D eigenvalue weighted by Crippen LogP contribution is -1.97. The van der Waals surface area contributed by atoms with Gasteiger partial charge in [0, 0.05) is 23.7 Å². The fourth-order valence-corrected chi connectivity index (χ4v) is 3.76. The normalized spacial score (nSPS) is 10.7. The monoisotopic (exact) mass is 430 g/mol. The SMILES string of the molecule is COc1ccc(-c2nc(-c3ccc(OC)c(OC)c3)n(C)c2-c2ccc(OC)cc2)cc1. The molecule has 32 heavy (non-hydrogen) atoms. The largest absolute Gasteiger partial charge is 0.497 e. The molecule has 0 saturated carbocycles. The third-order valence-corrected chi connectivity index (χ3v) is 5.46. The minimum Gasteiger partial charge on any atom is -0.497 e. The molecule has 0 radical (unpaired) electrons. The van der Waals surface area contributed by atoms with Crippen molar-refractivity contribution in [2.24, 2.45) is 7.05 Å². The van der Waals surface area contributed by atoms with Crippen LogP contribution in [0.2, 0.25) is 0 Å². The molecule has 0 atom stereocenters. The molecule has 164 valence electrons. The van der Waals surface area contributed by atoms with E-state index in [9.17, 15) is 0 Å². The first-order valence-corrected chi connectivity index (χ1v) is 10.2. The van der Waals surface area contributed by atoms with Crippen LogP contribution in [0, 0.1) is 0 Å². The topological polar surface area (TPSA) is 54.7 Å². The van der Waals surface area contributed by atoms with Crippen LogP contribution in [0.1, 0.15) is 0 Å². The number of imidazole rings is 1. The van der Waals surface area contributed by atoms with E-state index in [1.54, 1.807) is 28.4 Å². The summed E-state index contributed by atoms with van der Waals surface area (Å²) >= 11 is 0. The van der Waals surface area contributed by atoms with Gasteiger partial charge in [0.05, 0.1) is 39.8 Å². The van der Waals surface area contributed by atoms with E-state index in [0.29, 0.717) is 11.5 Å². The average molecular weight is 431 g/mol. The number of benzene rings is 3. The Morgan fingerprint density at radius 2 is 1.12 bits per heavy atom. The van der Waals surface area contributed by atoms with Gasteiger partial charge in [-0.3, -0.25) is 0 Å². The lowest BCUT2D eigenvalue weighted by atomic mass is 10.0. The third-order valence-electron chi connectivity index (χ3n) is 5.46. The molecular formula is C26H26N2O4. The highest BCUT2D eigenvalue weighted by Gasteiger charge is 2.20. The number of ether oxygens (including phenoxy) is 4. The molecule has 0 aliphatic rings. The van der Waals surface area contributed by atoms with Gasteiger partial charge in [0.15, 0.2) is 11.5 Å². The Morgan fingerprint density at radius 3 is 1.66 bits per heavy atom. The molecule has 0 amide bonds. The molecule has 0 aliphatic carbocycles. The first-order valence-electron chi connectivity index (χ1n) is 10.2. The smallest absolute Gasteiger partial charge is 0.161 e. The van der Waals surface area contributed by atoms with Crippen LogP contribution in [0.25, 0.3) is 33.9 Å². The molecule has 0 unspecified atom stereocenters. The van der Waals surface area contributed by atoms with Crippen molar-refractivity contribution >= 4 is 0 Å². The molecule has 0 saturated heterocycles. The number of hydrogen-bond acceptors (Lipinski definition) is 5. The molecule has 4 aromatic rings. The van der Waals surface area contributed by atoms with Gasteiger partial charge in [0.1, 0.15) is 17.3 Å². The van der Waals surface area contributed by atoms with Crippen molar-refractivity contribution in [3.8, 4) is 56.9 Å². The molecule has 1 aromatic heterocycles. The quantitative estimate of drug-likeness (QED) is 0.390. The van der Waals surface area contributed by atoms with Crippen molar-refractivity contribution in [3.63, 3.8) is 0 Å². The molecule has 0 N–H and O–H groups in total. The van der Waals surface area contributed by atoms with Crippen LogP contribution in [0.15, 0.2) is 66.7 Å². The molecule has 6 nitrogen and oxygen atoms in total. The summed E-state index contributed by atoms with van der Waals surface area (Å²) < 4.78 is 23.7. The van der Waals surface area contributed by atoms with E-state index >= 15 is 0 Å². The van der Waals surface area contributed by atoms with Gasteiger partial charge in [-0.25, -0.2) is 4.98 Å². The minimum absolute atomic E-state index is 0.657. The number of rotatable bonds is 7. The Morgan fingerprint density at radius 1 is 0.594 bits per heavy atom. The van der Waals surface area contributed by atoms with Crippen LogP contribution >= 0.6 is 0 Å². The van der Waals surface area contributed by atoms with Crippen LogP contribution in [-0.4, -0.2) is 38.0 Å². The lowest BCUT2D eigenvalue weighted by molar-refractivity contribution is 0.355. The van der Waals surface area contributed by atoms with Crippen LogP contribution < -0.4 is 18.9 Å². The molecule has 0 aliphatic heterocycles. The van der Waals surface area contributed by atoms with Gasteiger partial charge in [-0.05, 0) is 66.7 Å². The second-order valence-electron chi connectivity index (χ2n) is 7.22. The predicted octanol–water partition coefficient (Wildman–Crippen LogP) is 5.46. The minimum atomic E-state index is 0.657. The van der Waals surface area contributed by atoms with E-state index in [4.69, 9.17) is 23.9 Å². The van der Waals surface area contributed by atoms with E-state index in [0.717, 1.165) is 45.4 Å². The maximum atomic E-state index is 5.51. The van der Waals surface area contributed by atoms with Gasteiger partial charge in [-0.1, -0.05) is 0 Å². The van der Waals surface area contributed by atoms with Gasteiger partial charge >= 0.3 is 0 Å². The summed E-state index contributed by atoms with van der Waals surface area (Å²) in [7, 11) is 8.60. The van der Waals surface area contributed by atoms with E-state index < -0.39 is 0 Å². The first kappa shape index (κ1) is 21.3. The maximum absolute atomic E-state index is 5.51. The Balaban J connectivity index is 1.91. The molecule has 3 aromatic carbocycles. The highest BCUT2D eigenvalue weighted by Crippen LogP contribution is 2.38. The van der Waals surface area contributed by atoms with Gasteiger partial charge in [0.25, 0.3) is 0 Å². The summed E-state index contributed by atoms with van der Waals surface area (Å²) in [5, 5.41) is 0. The van der Waals surface area contributed by atoms with Crippen molar-refractivity contribution in [2.75, 3.05) is 28.4 Å². The molecule has 0 spiro atoms. The Hall–Kier alpha value is -3.93. The third kappa shape index (κ3) is 3.87. The van der Waals surface area contributed by atoms with E-state index in [1.165, 1.54) is 0 Å². The molecular weight excluding hydrogens is 404 g/mol. The Bertz CT molecular complexity index is 1210. The van der Waals surface area contributed by atoms with E-state index in [-0.39, 0.29) is 0 Å². The van der Waals surface area contributed by atoms with Crippen LogP contribution in [0.3, 0.4) is 0 Å². The van der Waals surface area contributed by atoms with Gasteiger partial charge in [-0.2, -0.15) is 0 Å². The van der Waals surface area contributed by atoms with Crippen LogP contribution in [-0.2, 0) is 7.05 Å². The van der Waals surface area contributed by atoms with Crippen molar-refractivity contribution in [1.82, 2.24) is 9.55 Å². The first-order chi connectivity index (χ1) is 15.6. The summed E-state index contributed by atoms with van der Waals surface area (Å²) in [6.07, 6.45) is 0. The fraction of sp³-hybridized carbons (Fsp3) is 0.192. The van der Waals surface area contributed by atoms with Crippen molar-refractivity contribution in [3.05, 3.63) is 66.7 Å². The van der Waals surface area contributed by atoms with Gasteiger partial charge in [0.2, 0.25) is 0 Å². The predicted molar refractivity (Wildman–Crippen MR) is 126 cm³/mol.